The van der Waals surface area contributed by atoms with E-state index in [-0.39, 0.29) is 5.92 Å². The first kappa shape index (κ1) is 19.2. The Balaban J connectivity index is 1.67. The van der Waals surface area contributed by atoms with Crippen molar-refractivity contribution in [1.82, 2.24) is 9.47 Å². The number of aliphatic carboxylic acids is 1. The third kappa shape index (κ3) is 4.77. The van der Waals surface area contributed by atoms with Gasteiger partial charge in [0.2, 0.25) is 0 Å². The molecule has 6 nitrogen and oxygen atoms in total. The van der Waals surface area contributed by atoms with Crippen LogP contribution >= 0.6 is 0 Å². The molecule has 1 unspecified atom stereocenters. The molecule has 2 aromatic rings. The molecule has 0 radical (unpaired) electrons. The smallest absolute Gasteiger partial charge is 0.307 e. The third-order valence-electron chi connectivity index (χ3n) is 5.10. The molecule has 1 atom stereocenters. The molecule has 1 aromatic heterocycles. The van der Waals surface area contributed by atoms with Crippen LogP contribution in [0, 0.1) is 12.8 Å². The molecule has 27 heavy (non-hydrogen) atoms. The van der Waals surface area contributed by atoms with Gasteiger partial charge < -0.3 is 14.5 Å². The molecule has 0 spiro atoms. The molecule has 1 saturated heterocycles. The number of rotatable bonds is 7. The van der Waals surface area contributed by atoms with Crippen LogP contribution in [0.15, 0.2) is 47.8 Å². The van der Waals surface area contributed by atoms with Crippen LogP contribution < -0.4 is 0 Å². The first-order valence-electron chi connectivity index (χ1n) is 9.39. The predicted octanol–water partition coefficient (Wildman–Crippen LogP) is 2.90. The first-order valence-corrected chi connectivity index (χ1v) is 9.39. The summed E-state index contributed by atoms with van der Waals surface area (Å²) < 4.78 is 2.02. The standard InChI is InChI=1S/C21H27N3O3/c1-16-7-3-4-9-18(16)20(19-10-6-11-23(19)2)22-27-14-13-24-12-5-8-17(15-24)21(25)26/h3-4,6-7,9-11,17H,5,8,12-15H2,1-2H3,(H,25,26). The lowest BCUT2D eigenvalue weighted by Crippen LogP contribution is -2.40. The van der Waals surface area contributed by atoms with Crippen LogP contribution in [0.4, 0.5) is 0 Å². The Hall–Kier alpha value is -2.60. The van der Waals surface area contributed by atoms with Gasteiger partial charge in [-0.1, -0.05) is 29.4 Å². The van der Waals surface area contributed by atoms with Crippen LogP contribution in [-0.2, 0) is 16.7 Å². The van der Waals surface area contributed by atoms with Crippen LogP contribution in [0.3, 0.4) is 0 Å². The van der Waals surface area contributed by atoms with Crippen molar-refractivity contribution in [3.63, 3.8) is 0 Å². The lowest BCUT2D eigenvalue weighted by molar-refractivity contribution is -0.143. The van der Waals surface area contributed by atoms with Crippen LogP contribution in [0.2, 0.25) is 0 Å². The van der Waals surface area contributed by atoms with Crippen molar-refractivity contribution in [1.29, 1.82) is 0 Å². The number of likely N-dealkylation sites (tertiary alicyclic amines) is 1. The summed E-state index contributed by atoms with van der Waals surface area (Å²) in [6, 6.07) is 12.1. The fraction of sp³-hybridized carbons (Fsp3) is 0.429. The number of oxime groups is 1. The van der Waals surface area contributed by atoms with Gasteiger partial charge in [-0.3, -0.25) is 9.69 Å². The highest BCUT2D eigenvalue weighted by Crippen LogP contribution is 2.17. The van der Waals surface area contributed by atoms with Gasteiger partial charge >= 0.3 is 5.97 Å². The normalized spacial score (nSPS) is 18.4. The predicted molar refractivity (Wildman–Crippen MR) is 105 cm³/mol. The lowest BCUT2D eigenvalue weighted by Gasteiger charge is -2.29. The Morgan fingerprint density at radius 1 is 1.30 bits per heavy atom. The highest BCUT2D eigenvalue weighted by atomic mass is 16.6. The van der Waals surface area contributed by atoms with Crippen molar-refractivity contribution >= 4 is 11.7 Å². The quantitative estimate of drug-likeness (QED) is 0.463. The number of benzene rings is 1. The Morgan fingerprint density at radius 3 is 2.81 bits per heavy atom. The van der Waals surface area contributed by atoms with Gasteiger partial charge in [-0.2, -0.15) is 0 Å². The number of aromatic nitrogens is 1. The highest BCUT2D eigenvalue weighted by molar-refractivity contribution is 6.12. The molecule has 0 saturated carbocycles. The molecule has 1 fully saturated rings. The molecule has 0 aliphatic carbocycles. The van der Waals surface area contributed by atoms with E-state index in [0.717, 1.165) is 41.9 Å². The molecule has 1 aromatic carbocycles. The van der Waals surface area contributed by atoms with Gasteiger partial charge in [0.15, 0.2) is 0 Å². The van der Waals surface area contributed by atoms with Gasteiger partial charge in [0.1, 0.15) is 12.3 Å². The highest BCUT2D eigenvalue weighted by Gasteiger charge is 2.25. The molecular formula is C21H27N3O3. The summed E-state index contributed by atoms with van der Waals surface area (Å²) in [7, 11) is 1.99. The summed E-state index contributed by atoms with van der Waals surface area (Å²) >= 11 is 0. The maximum atomic E-state index is 11.2. The van der Waals surface area contributed by atoms with Gasteiger partial charge in [-0.25, -0.2) is 0 Å². The van der Waals surface area contributed by atoms with Gasteiger partial charge in [-0.05, 0) is 44.0 Å². The molecule has 0 bridgehead atoms. The van der Waals surface area contributed by atoms with Gasteiger partial charge in [-0.15, -0.1) is 0 Å². The average molecular weight is 369 g/mol. The van der Waals surface area contributed by atoms with E-state index in [2.05, 4.69) is 23.0 Å². The summed E-state index contributed by atoms with van der Waals surface area (Å²) in [6.07, 6.45) is 3.66. The number of carboxylic acid groups (broad SMARTS) is 1. The summed E-state index contributed by atoms with van der Waals surface area (Å²) in [5.41, 5.74) is 3.99. The van der Waals surface area contributed by atoms with E-state index >= 15 is 0 Å². The van der Waals surface area contributed by atoms with Crippen molar-refractivity contribution in [2.75, 3.05) is 26.2 Å². The van der Waals surface area contributed by atoms with Gasteiger partial charge in [0.05, 0.1) is 11.6 Å². The molecule has 0 amide bonds. The molecule has 1 aliphatic rings. The number of hydrogen-bond acceptors (Lipinski definition) is 4. The zero-order chi connectivity index (χ0) is 19.2. The number of hydrogen-bond donors (Lipinski definition) is 1. The first-order chi connectivity index (χ1) is 13.1. The number of nitrogens with zero attached hydrogens (tertiary/aromatic N) is 3. The molecular weight excluding hydrogens is 342 g/mol. The fourth-order valence-electron chi connectivity index (χ4n) is 3.52. The number of aryl methyl sites for hydroxylation is 2. The van der Waals surface area contributed by atoms with Gasteiger partial charge in [0.25, 0.3) is 0 Å². The topological polar surface area (TPSA) is 67.1 Å². The van der Waals surface area contributed by atoms with E-state index in [4.69, 9.17) is 4.84 Å². The average Bonchev–Trinajstić information content (AvgIpc) is 3.09. The van der Waals surface area contributed by atoms with E-state index in [1.54, 1.807) is 0 Å². The van der Waals surface area contributed by atoms with Crippen molar-refractivity contribution in [2.45, 2.75) is 19.8 Å². The maximum Gasteiger partial charge on any atom is 0.307 e. The minimum atomic E-state index is -0.704. The Morgan fingerprint density at radius 2 is 2.11 bits per heavy atom. The second-order valence-corrected chi connectivity index (χ2v) is 7.07. The Labute approximate surface area is 160 Å². The third-order valence-corrected chi connectivity index (χ3v) is 5.10. The van der Waals surface area contributed by atoms with Crippen molar-refractivity contribution < 1.29 is 14.7 Å². The summed E-state index contributed by atoms with van der Waals surface area (Å²) in [5, 5.41) is 13.7. The largest absolute Gasteiger partial charge is 0.481 e. The number of carbonyl (C=O) groups is 1. The van der Waals surface area contributed by atoms with E-state index < -0.39 is 5.97 Å². The fourth-order valence-corrected chi connectivity index (χ4v) is 3.52. The van der Waals surface area contributed by atoms with Crippen molar-refractivity contribution in [3.8, 4) is 0 Å². The van der Waals surface area contributed by atoms with Crippen LogP contribution in [0.1, 0.15) is 29.7 Å². The van der Waals surface area contributed by atoms with Crippen LogP contribution in [0.5, 0.6) is 0 Å². The van der Waals surface area contributed by atoms with Crippen LogP contribution in [-0.4, -0.2) is 52.5 Å². The zero-order valence-corrected chi connectivity index (χ0v) is 16.0. The lowest BCUT2D eigenvalue weighted by atomic mass is 9.98. The van der Waals surface area contributed by atoms with Crippen LogP contribution in [0.25, 0.3) is 0 Å². The van der Waals surface area contributed by atoms with Crippen molar-refractivity contribution in [3.05, 3.63) is 59.4 Å². The number of piperidine rings is 1. The summed E-state index contributed by atoms with van der Waals surface area (Å²) in [6.45, 7) is 4.69. The number of carboxylic acids is 1. The second kappa shape index (κ2) is 8.86. The maximum absolute atomic E-state index is 11.2. The Kier molecular flexibility index (Phi) is 6.29. The Bertz CT molecular complexity index is 813. The molecule has 144 valence electrons. The van der Waals surface area contributed by atoms with Gasteiger partial charge in [0, 0.05) is 31.9 Å². The summed E-state index contributed by atoms with van der Waals surface area (Å²) in [5.74, 6) is -0.975. The minimum absolute atomic E-state index is 0.270. The molecule has 2 heterocycles. The molecule has 3 rings (SSSR count). The van der Waals surface area contributed by atoms with Crippen molar-refractivity contribution in [2.24, 2.45) is 18.1 Å². The van der Waals surface area contributed by atoms with E-state index in [1.165, 1.54) is 0 Å². The zero-order valence-electron chi connectivity index (χ0n) is 16.0. The monoisotopic (exact) mass is 369 g/mol. The second-order valence-electron chi connectivity index (χ2n) is 7.07. The van der Waals surface area contributed by atoms with E-state index in [1.807, 2.05) is 48.1 Å². The minimum Gasteiger partial charge on any atom is -0.481 e. The van der Waals surface area contributed by atoms with E-state index in [0.29, 0.717) is 19.7 Å². The van der Waals surface area contributed by atoms with E-state index in [9.17, 15) is 9.90 Å². The molecule has 1 N–H and O–H groups in total. The SMILES string of the molecule is Cc1ccccc1C(=NOCCN1CCCC(C(=O)O)C1)c1cccn1C. The molecule has 1 aliphatic heterocycles. The molecule has 6 heteroatoms. The summed E-state index contributed by atoms with van der Waals surface area (Å²) in [4.78, 5) is 19.0.